The highest BCUT2D eigenvalue weighted by Gasteiger charge is 2.35. The highest BCUT2D eigenvalue weighted by Crippen LogP contribution is 2.21. The Balaban J connectivity index is 1.40. The molecule has 3 heterocycles. The van der Waals surface area contributed by atoms with Crippen LogP contribution in [0.4, 0.5) is 4.39 Å². The largest absolute Gasteiger partial charge is 0.459 e. The molecule has 1 N–H and O–H groups in total. The minimum atomic E-state index is -0.548. The molecule has 3 aromatic rings. The first kappa shape index (κ1) is 18.0. The van der Waals surface area contributed by atoms with Gasteiger partial charge in [-0.25, -0.2) is 9.37 Å². The van der Waals surface area contributed by atoms with Crippen molar-refractivity contribution in [2.24, 2.45) is 0 Å². The molecular weight excluding hydrogens is 363 g/mol. The second kappa shape index (κ2) is 7.67. The molecule has 4 rings (SSSR count). The first-order chi connectivity index (χ1) is 13.6. The fraction of sp³-hybridized carbons (Fsp3) is 0.250. The number of halogens is 1. The van der Waals surface area contributed by atoms with Crippen LogP contribution < -0.4 is 5.32 Å². The minimum absolute atomic E-state index is 0.180. The molecule has 2 aromatic heterocycles. The van der Waals surface area contributed by atoms with Crippen LogP contribution >= 0.6 is 0 Å². The van der Waals surface area contributed by atoms with Gasteiger partial charge in [-0.15, -0.1) is 0 Å². The third kappa shape index (κ3) is 3.53. The van der Waals surface area contributed by atoms with E-state index in [0.717, 1.165) is 6.42 Å². The van der Waals surface area contributed by atoms with Crippen LogP contribution in [0.1, 0.15) is 29.0 Å². The lowest BCUT2D eigenvalue weighted by atomic mass is 10.1. The van der Waals surface area contributed by atoms with Gasteiger partial charge in [0.25, 0.3) is 5.91 Å². The lowest BCUT2D eigenvalue weighted by Gasteiger charge is -2.23. The van der Waals surface area contributed by atoms with Crippen molar-refractivity contribution in [1.82, 2.24) is 19.8 Å². The first-order valence-electron chi connectivity index (χ1n) is 9.02. The number of benzene rings is 1. The zero-order valence-electron chi connectivity index (χ0n) is 15.0. The summed E-state index contributed by atoms with van der Waals surface area (Å²) in [5.41, 5.74) is 1.02. The summed E-state index contributed by atoms with van der Waals surface area (Å²) < 4.78 is 21.1. The number of likely N-dealkylation sites (tertiary alicyclic amines) is 1. The van der Waals surface area contributed by atoms with Gasteiger partial charge in [0.15, 0.2) is 5.76 Å². The lowest BCUT2D eigenvalue weighted by Crippen LogP contribution is -2.45. The zero-order valence-corrected chi connectivity index (χ0v) is 15.0. The molecule has 1 fully saturated rings. The second-order valence-electron chi connectivity index (χ2n) is 6.61. The maximum atomic E-state index is 14.3. The summed E-state index contributed by atoms with van der Waals surface area (Å²) in [6, 6.07) is 7.45. The predicted molar refractivity (Wildman–Crippen MR) is 98.1 cm³/mol. The molecule has 144 valence electrons. The Morgan fingerprint density at radius 1 is 1.32 bits per heavy atom. The molecule has 1 aromatic carbocycles. The van der Waals surface area contributed by atoms with E-state index in [1.165, 1.54) is 23.6 Å². The molecule has 0 saturated carbocycles. The maximum absolute atomic E-state index is 14.3. The van der Waals surface area contributed by atoms with E-state index in [4.69, 9.17) is 4.42 Å². The molecule has 0 bridgehead atoms. The summed E-state index contributed by atoms with van der Waals surface area (Å²) in [5, 5.41) is 2.80. The number of aromatic nitrogens is 2. The smallest absolute Gasteiger partial charge is 0.290 e. The molecule has 1 aliphatic heterocycles. The Kier molecular flexibility index (Phi) is 4.92. The van der Waals surface area contributed by atoms with Crippen molar-refractivity contribution in [3.05, 3.63) is 72.5 Å². The van der Waals surface area contributed by atoms with Gasteiger partial charge in [-0.3, -0.25) is 9.59 Å². The van der Waals surface area contributed by atoms with Gasteiger partial charge in [-0.05, 0) is 42.7 Å². The second-order valence-corrected chi connectivity index (χ2v) is 6.61. The van der Waals surface area contributed by atoms with Crippen molar-refractivity contribution >= 4 is 11.8 Å². The fourth-order valence-electron chi connectivity index (χ4n) is 3.40. The number of imidazole rings is 1. The number of rotatable bonds is 5. The van der Waals surface area contributed by atoms with E-state index in [1.54, 1.807) is 41.2 Å². The van der Waals surface area contributed by atoms with Crippen LogP contribution in [-0.4, -0.2) is 38.9 Å². The third-order valence-electron chi connectivity index (χ3n) is 4.81. The fourth-order valence-corrected chi connectivity index (χ4v) is 3.40. The Morgan fingerprint density at radius 2 is 2.21 bits per heavy atom. The molecule has 1 unspecified atom stereocenters. The highest BCUT2D eigenvalue weighted by atomic mass is 19.1. The molecular formula is C20H19FN4O3. The van der Waals surface area contributed by atoms with Gasteiger partial charge in [0.05, 0.1) is 18.3 Å². The number of carbonyl (C=O) groups is 2. The normalized spacial score (nSPS) is 16.3. The van der Waals surface area contributed by atoms with Gasteiger partial charge in [-0.1, -0.05) is 6.07 Å². The SMILES string of the molecule is O=C(NCc1ccc(-n2ccnc2)c(F)c1)C1CCCN1C(=O)c1ccco1. The predicted octanol–water partition coefficient (Wildman–Crippen LogP) is 2.53. The number of nitrogens with one attached hydrogen (secondary N) is 1. The number of hydrogen-bond donors (Lipinski definition) is 1. The topological polar surface area (TPSA) is 80.4 Å². The van der Waals surface area contributed by atoms with Crippen molar-refractivity contribution in [3.8, 4) is 5.69 Å². The van der Waals surface area contributed by atoms with E-state index in [-0.39, 0.29) is 24.1 Å². The van der Waals surface area contributed by atoms with Crippen LogP contribution in [0.5, 0.6) is 0 Å². The van der Waals surface area contributed by atoms with Gasteiger partial charge >= 0.3 is 0 Å². The molecule has 0 radical (unpaired) electrons. The van der Waals surface area contributed by atoms with Crippen LogP contribution in [0.2, 0.25) is 0 Å². The molecule has 8 heteroatoms. The monoisotopic (exact) mass is 382 g/mol. The van der Waals surface area contributed by atoms with Crippen molar-refractivity contribution in [2.45, 2.75) is 25.4 Å². The van der Waals surface area contributed by atoms with Gasteiger partial charge in [0, 0.05) is 25.5 Å². The Labute approximate surface area is 160 Å². The Morgan fingerprint density at radius 3 is 2.93 bits per heavy atom. The van der Waals surface area contributed by atoms with Gasteiger partial charge in [0.1, 0.15) is 11.9 Å². The summed E-state index contributed by atoms with van der Waals surface area (Å²) in [6.45, 7) is 0.686. The highest BCUT2D eigenvalue weighted by molar-refractivity contribution is 5.95. The quantitative estimate of drug-likeness (QED) is 0.735. The molecule has 1 saturated heterocycles. The third-order valence-corrected chi connectivity index (χ3v) is 4.81. The van der Waals surface area contributed by atoms with E-state index in [9.17, 15) is 14.0 Å². The van der Waals surface area contributed by atoms with Crippen molar-refractivity contribution in [2.75, 3.05) is 6.54 Å². The first-order valence-corrected chi connectivity index (χ1v) is 9.02. The Bertz CT molecular complexity index is 970. The number of furan rings is 1. The van der Waals surface area contributed by atoms with Gasteiger partial charge in [-0.2, -0.15) is 0 Å². The van der Waals surface area contributed by atoms with Crippen molar-refractivity contribution in [1.29, 1.82) is 0 Å². The van der Waals surface area contributed by atoms with Crippen LogP contribution in [0.15, 0.2) is 59.7 Å². The summed E-state index contributed by atoms with van der Waals surface area (Å²) >= 11 is 0. The lowest BCUT2D eigenvalue weighted by molar-refractivity contribution is -0.125. The van der Waals surface area contributed by atoms with Crippen LogP contribution in [0.25, 0.3) is 5.69 Å². The van der Waals surface area contributed by atoms with E-state index in [0.29, 0.717) is 24.2 Å². The molecule has 1 aliphatic rings. The van der Waals surface area contributed by atoms with E-state index < -0.39 is 11.9 Å². The average molecular weight is 382 g/mol. The summed E-state index contributed by atoms with van der Waals surface area (Å²) in [5.74, 6) is -0.730. The number of amides is 2. The summed E-state index contributed by atoms with van der Waals surface area (Å²) in [7, 11) is 0. The molecule has 0 spiro atoms. The molecule has 0 aliphatic carbocycles. The van der Waals surface area contributed by atoms with Crippen molar-refractivity contribution in [3.63, 3.8) is 0 Å². The van der Waals surface area contributed by atoms with Crippen molar-refractivity contribution < 1.29 is 18.4 Å². The van der Waals surface area contributed by atoms with Crippen LogP contribution in [0.3, 0.4) is 0 Å². The average Bonchev–Trinajstić information content (AvgIpc) is 3.47. The summed E-state index contributed by atoms with van der Waals surface area (Å²) in [6.07, 6.45) is 7.52. The summed E-state index contributed by atoms with van der Waals surface area (Å²) in [4.78, 5) is 30.5. The van der Waals surface area contributed by atoms with Crippen LogP contribution in [-0.2, 0) is 11.3 Å². The number of hydrogen-bond acceptors (Lipinski definition) is 4. The van der Waals surface area contributed by atoms with Gasteiger partial charge < -0.3 is 19.2 Å². The molecule has 2 amide bonds. The van der Waals surface area contributed by atoms with E-state index >= 15 is 0 Å². The molecule has 7 nitrogen and oxygen atoms in total. The van der Waals surface area contributed by atoms with Crippen LogP contribution in [0, 0.1) is 5.82 Å². The number of nitrogens with zero attached hydrogens (tertiary/aromatic N) is 3. The molecule has 28 heavy (non-hydrogen) atoms. The van der Waals surface area contributed by atoms with E-state index in [2.05, 4.69) is 10.3 Å². The van der Waals surface area contributed by atoms with E-state index in [1.807, 2.05) is 0 Å². The van der Waals surface area contributed by atoms with Gasteiger partial charge in [0.2, 0.25) is 5.91 Å². The minimum Gasteiger partial charge on any atom is -0.459 e. The Hall–Kier alpha value is -3.42. The maximum Gasteiger partial charge on any atom is 0.290 e. The number of carbonyl (C=O) groups excluding carboxylic acids is 2. The standard InChI is InChI=1S/C20H19FN4O3/c21-15-11-14(5-6-16(15)24-9-7-22-13-24)12-23-19(26)17-3-1-8-25(17)20(27)18-4-2-10-28-18/h2,4-7,9-11,13,17H,1,3,8,12H2,(H,23,26). The zero-order chi connectivity index (χ0) is 19.5. The molecule has 1 atom stereocenters.